The molecule has 0 aliphatic carbocycles. The Bertz CT molecular complexity index is 1190. The summed E-state index contributed by atoms with van der Waals surface area (Å²) >= 11 is 0. The van der Waals surface area contributed by atoms with E-state index in [9.17, 15) is 14.4 Å². The molecule has 3 rings (SSSR count). The molecular weight excluding hydrogens is 494 g/mol. The Hall–Kier alpha value is -3.91. The van der Waals surface area contributed by atoms with Gasteiger partial charge in [-0.1, -0.05) is 87.2 Å². The lowest BCUT2D eigenvalue weighted by Crippen LogP contribution is -2.48. The zero-order valence-corrected chi connectivity index (χ0v) is 23.0. The van der Waals surface area contributed by atoms with Crippen LogP contribution < -0.4 is 10.6 Å². The van der Waals surface area contributed by atoms with Gasteiger partial charge in [-0.05, 0) is 43.5 Å². The lowest BCUT2D eigenvalue weighted by molar-refractivity contribution is -0.200. The highest BCUT2D eigenvalue weighted by Crippen LogP contribution is 2.24. The summed E-state index contributed by atoms with van der Waals surface area (Å²) in [6, 6.07) is 20.3. The molecule has 0 bridgehead atoms. The summed E-state index contributed by atoms with van der Waals surface area (Å²) in [7, 11) is 0. The van der Waals surface area contributed by atoms with Crippen LogP contribution in [0.3, 0.4) is 0 Å². The fourth-order valence-corrected chi connectivity index (χ4v) is 4.53. The quantitative estimate of drug-likeness (QED) is 0.108. The van der Waals surface area contributed by atoms with Gasteiger partial charge in [0.2, 0.25) is 12.3 Å². The fourth-order valence-electron chi connectivity index (χ4n) is 4.53. The fraction of sp³-hybridized carbons (Fsp3) is 0.387. The van der Waals surface area contributed by atoms with E-state index in [0.717, 1.165) is 36.0 Å². The highest BCUT2D eigenvalue weighted by atomic mass is 16.7. The van der Waals surface area contributed by atoms with Crippen molar-refractivity contribution in [1.82, 2.24) is 15.7 Å². The summed E-state index contributed by atoms with van der Waals surface area (Å²) in [4.78, 5) is 43.7. The average molecular weight is 534 g/mol. The smallest absolute Gasteiger partial charge is 0.288 e. The molecule has 2 unspecified atom stereocenters. The van der Waals surface area contributed by atoms with E-state index in [0.29, 0.717) is 25.0 Å². The van der Waals surface area contributed by atoms with Gasteiger partial charge in [0.1, 0.15) is 12.4 Å². The molecule has 39 heavy (non-hydrogen) atoms. The molecule has 0 fully saturated rings. The van der Waals surface area contributed by atoms with E-state index in [1.165, 1.54) is 5.06 Å². The van der Waals surface area contributed by atoms with Crippen LogP contribution in [0, 0.1) is 12.8 Å². The first kappa shape index (κ1) is 29.6. The van der Waals surface area contributed by atoms with E-state index in [1.54, 1.807) is 12.1 Å². The predicted octanol–water partition coefficient (Wildman–Crippen LogP) is 5.62. The van der Waals surface area contributed by atoms with Crippen LogP contribution in [0.2, 0.25) is 0 Å². The number of hydrogen-bond acceptors (Lipinski definition) is 5. The maximum Gasteiger partial charge on any atom is 0.288 e. The number of benzene rings is 2. The molecule has 0 saturated heterocycles. The second kappa shape index (κ2) is 15.5. The van der Waals surface area contributed by atoms with Gasteiger partial charge in [0.05, 0.1) is 18.6 Å². The van der Waals surface area contributed by atoms with E-state index < -0.39 is 17.9 Å². The van der Waals surface area contributed by atoms with Gasteiger partial charge in [-0.15, -0.1) is 0 Å². The molecule has 0 saturated carbocycles. The van der Waals surface area contributed by atoms with Crippen molar-refractivity contribution in [3.05, 3.63) is 83.6 Å². The summed E-state index contributed by atoms with van der Waals surface area (Å²) < 4.78 is 5.74. The number of rotatable bonds is 16. The van der Waals surface area contributed by atoms with Crippen molar-refractivity contribution in [2.45, 2.75) is 65.5 Å². The van der Waals surface area contributed by atoms with Crippen molar-refractivity contribution in [1.29, 1.82) is 0 Å². The minimum absolute atomic E-state index is 0.0647. The van der Waals surface area contributed by atoms with Gasteiger partial charge in [-0.3, -0.25) is 19.2 Å². The summed E-state index contributed by atoms with van der Waals surface area (Å²) in [5.74, 6) is -0.402. The maximum atomic E-state index is 13.3. The van der Waals surface area contributed by atoms with Crippen LogP contribution in [0.15, 0.2) is 71.1 Å². The van der Waals surface area contributed by atoms with E-state index in [-0.39, 0.29) is 24.9 Å². The SMILES string of the molecule is CCCCCC(C(=O)NCNC(=O)c1ccc(-c2cccc(C)c2)o1)C(CC)N(C=O)OCc1ccccc1. The van der Waals surface area contributed by atoms with Crippen LogP contribution in [-0.2, 0) is 21.0 Å². The predicted molar refractivity (Wildman–Crippen MR) is 150 cm³/mol. The number of nitrogens with zero attached hydrogens (tertiary/aromatic N) is 1. The molecule has 2 N–H and O–H groups in total. The normalized spacial score (nSPS) is 12.4. The van der Waals surface area contributed by atoms with Gasteiger partial charge in [0.15, 0.2) is 5.76 Å². The van der Waals surface area contributed by atoms with Gasteiger partial charge < -0.3 is 15.1 Å². The van der Waals surface area contributed by atoms with Crippen molar-refractivity contribution < 1.29 is 23.6 Å². The summed E-state index contributed by atoms with van der Waals surface area (Å²) in [5, 5.41) is 6.77. The standard InChI is InChI=1S/C31H39N3O5/c1-4-6-8-16-26(27(5-2)34(22-35)38-20-24-13-9-7-10-14-24)30(36)32-21-33-31(37)29-18-17-28(39-29)25-15-11-12-23(3)19-25/h7,9-15,17-19,22,26-27H,4-6,8,16,20-21H2,1-3H3,(H,32,36)(H,33,37). The van der Waals surface area contributed by atoms with Gasteiger partial charge in [-0.2, -0.15) is 0 Å². The van der Waals surface area contributed by atoms with Crippen molar-refractivity contribution in [2.24, 2.45) is 5.92 Å². The highest BCUT2D eigenvalue weighted by Gasteiger charge is 2.32. The Labute approximate surface area is 230 Å². The van der Waals surface area contributed by atoms with Gasteiger partial charge >= 0.3 is 0 Å². The van der Waals surface area contributed by atoms with Crippen LogP contribution in [0.25, 0.3) is 11.3 Å². The third-order valence-electron chi connectivity index (χ3n) is 6.64. The Balaban J connectivity index is 1.60. The van der Waals surface area contributed by atoms with Gasteiger partial charge in [0, 0.05) is 5.56 Å². The molecule has 2 atom stereocenters. The Kier molecular flexibility index (Phi) is 11.8. The molecular formula is C31H39N3O5. The average Bonchev–Trinajstić information content (AvgIpc) is 3.45. The third-order valence-corrected chi connectivity index (χ3v) is 6.64. The molecule has 8 nitrogen and oxygen atoms in total. The number of nitrogens with one attached hydrogen (secondary N) is 2. The number of hydrogen-bond donors (Lipinski definition) is 2. The lowest BCUT2D eigenvalue weighted by atomic mass is 9.90. The molecule has 0 radical (unpaired) electrons. The van der Waals surface area contributed by atoms with E-state index in [4.69, 9.17) is 9.25 Å². The van der Waals surface area contributed by atoms with Gasteiger partial charge in [-0.25, -0.2) is 5.06 Å². The zero-order chi connectivity index (χ0) is 28.0. The van der Waals surface area contributed by atoms with E-state index in [1.807, 2.05) is 68.4 Å². The molecule has 0 spiro atoms. The van der Waals surface area contributed by atoms with Crippen molar-refractivity contribution in [3.63, 3.8) is 0 Å². The summed E-state index contributed by atoms with van der Waals surface area (Å²) in [6.45, 7) is 6.18. The minimum atomic E-state index is -0.490. The van der Waals surface area contributed by atoms with Crippen molar-refractivity contribution >= 4 is 18.2 Å². The topological polar surface area (TPSA) is 101 Å². The molecule has 8 heteroatoms. The van der Waals surface area contributed by atoms with Crippen molar-refractivity contribution in [3.8, 4) is 11.3 Å². The van der Waals surface area contributed by atoms with Crippen LogP contribution >= 0.6 is 0 Å². The number of carbonyl (C=O) groups is 3. The molecule has 1 heterocycles. The largest absolute Gasteiger partial charge is 0.451 e. The molecule has 3 aromatic rings. The van der Waals surface area contributed by atoms with E-state index in [2.05, 4.69) is 17.6 Å². The third kappa shape index (κ3) is 8.82. The molecule has 0 aliphatic heterocycles. The number of furan rings is 1. The molecule has 208 valence electrons. The molecule has 3 amide bonds. The number of hydroxylamine groups is 2. The first-order valence-corrected chi connectivity index (χ1v) is 13.6. The molecule has 2 aromatic carbocycles. The highest BCUT2D eigenvalue weighted by molar-refractivity contribution is 5.92. The zero-order valence-electron chi connectivity index (χ0n) is 23.0. The molecule has 1 aromatic heterocycles. The Morgan fingerprint density at radius 1 is 1.00 bits per heavy atom. The first-order chi connectivity index (χ1) is 19.0. The second-order valence-corrected chi connectivity index (χ2v) is 9.56. The number of amides is 3. The first-order valence-electron chi connectivity index (χ1n) is 13.6. The maximum absolute atomic E-state index is 13.3. The summed E-state index contributed by atoms with van der Waals surface area (Å²) in [5.41, 5.74) is 2.91. The van der Waals surface area contributed by atoms with Crippen LogP contribution in [-0.4, -0.2) is 36.0 Å². The van der Waals surface area contributed by atoms with Crippen molar-refractivity contribution in [2.75, 3.05) is 6.67 Å². The van der Waals surface area contributed by atoms with Crippen LogP contribution in [0.1, 0.15) is 67.6 Å². The second-order valence-electron chi connectivity index (χ2n) is 9.56. The number of aryl methyl sites for hydroxylation is 1. The van der Waals surface area contributed by atoms with Gasteiger partial charge in [0.25, 0.3) is 5.91 Å². The Morgan fingerprint density at radius 2 is 1.79 bits per heavy atom. The molecule has 0 aliphatic rings. The van der Waals surface area contributed by atoms with Crippen LogP contribution in [0.4, 0.5) is 0 Å². The summed E-state index contributed by atoms with van der Waals surface area (Å²) in [6.07, 6.45) is 4.61. The Morgan fingerprint density at radius 3 is 2.49 bits per heavy atom. The lowest BCUT2D eigenvalue weighted by Gasteiger charge is -2.32. The van der Waals surface area contributed by atoms with Crippen LogP contribution in [0.5, 0.6) is 0 Å². The number of carbonyl (C=O) groups excluding carboxylic acids is 3. The number of unbranched alkanes of at least 4 members (excludes halogenated alkanes) is 2. The van der Waals surface area contributed by atoms with E-state index >= 15 is 0 Å². The minimum Gasteiger partial charge on any atom is -0.451 e. The monoisotopic (exact) mass is 533 g/mol.